The van der Waals surface area contributed by atoms with Crippen molar-refractivity contribution in [1.82, 2.24) is 10.6 Å². The summed E-state index contributed by atoms with van der Waals surface area (Å²) in [5, 5.41) is 16.7. The molecule has 0 amide bonds. The largest absolute Gasteiger partial charge is 0.357 e. The minimum atomic E-state index is -0.385. The highest BCUT2D eigenvalue weighted by Crippen LogP contribution is 2.13. The maximum absolute atomic E-state index is 10.6. The second-order valence-electron chi connectivity index (χ2n) is 4.70. The third-order valence-electron chi connectivity index (χ3n) is 2.99. The molecule has 0 fully saturated rings. The Morgan fingerprint density at radius 3 is 2.57 bits per heavy atom. The van der Waals surface area contributed by atoms with Gasteiger partial charge in [-0.1, -0.05) is 18.1 Å². The number of guanidine groups is 1. The smallest absolute Gasteiger partial charge is 0.269 e. The first-order valence-electron chi connectivity index (χ1n) is 7.36. The van der Waals surface area contributed by atoms with Gasteiger partial charge in [0.15, 0.2) is 5.96 Å². The summed E-state index contributed by atoms with van der Waals surface area (Å²) in [5.41, 5.74) is 1.23. The van der Waals surface area contributed by atoms with E-state index in [-0.39, 0.29) is 34.6 Å². The number of nitro groups is 1. The average molecular weight is 430 g/mol. The van der Waals surface area contributed by atoms with Gasteiger partial charge in [0.1, 0.15) is 0 Å². The van der Waals surface area contributed by atoms with Crippen LogP contribution in [0.4, 0.5) is 5.69 Å². The van der Waals surface area contributed by atoms with Crippen molar-refractivity contribution in [2.45, 2.75) is 26.2 Å². The molecule has 0 atom stereocenters. The number of nitrogens with zero attached hydrogens (tertiary/aromatic N) is 2. The lowest BCUT2D eigenvalue weighted by Gasteiger charge is -2.08. The normalized spacial score (nSPS) is 10.3. The Morgan fingerprint density at radius 1 is 1.30 bits per heavy atom. The minimum absolute atomic E-state index is 0. The first-order valence-corrected chi connectivity index (χ1v) is 7.36. The first kappa shape index (κ1) is 21.2. The van der Waals surface area contributed by atoms with Gasteiger partial charge in [0.05, 0.1) is 11.5 Å². The van der Waals surface area contributed by atoms with Crippen molar-refractivity contribution < 1.29 is 4.92 Å². The number of hydrogen-bond acceptors (Lipinski definition) is 3. The minimum Gasteiger partial charge on any atom is -0.357 e. The van der Waals surface area contributed by atoms with Crippen LogP contribution in [-0.4, -0.2) is 30.5 Å². The van der Waals surface area contributed by atoms with Crippen LogP contribution in [0, 0.1) is 22.5 Å². The standard InChI is InChI=1S/C16H22N4O2.HI/c1-3-12-18-16(17-4-2)19-13-6-5-7-14-8-10-15(11-9-14)20(21)22;/h1,8-11H,4-7,12-13H2,2H3,(H2,17,18,19);1H. The van der Waals surface area contributed by atoms with Crippen molar-refractivity contribution in [3.63, 3.8) is 0 Å². The average Bonchev–Trinajstić information content (AvgIpc) is 2.52. The molecule has 0 heterocycles. The molecule has 6 nitrogen and oxygen atoms in total. The number of nitrogens with one attached hydrogen (secondary N) is 2. The Bertz CT molecular complexity index is 538. The molecule has 0 radical (unpaired) electrons. The number of hydrogen-bond donors (Lipinski definition) is 2. The van der Waals surface area contributed by atoms with E-state index in [0.29, 0.717) is 13.1 Å². The van der Waals surface area contributed by atoms with Crippen LogP contribution in [0.25, 0.3) is 0 Å². The third kappa shape index (κ3) is 9.03. The van der Waals surface area contributed by atoms with Gasteiger partial charge in [0, 0.05) is 25.2 Å². The Balaban J connectivity index is 0.00000484. The number of nitro benzene ring substituents is 1. The second kappa shape index (κ2) is 12.7. The van der Waals surface area contributed by atoms with Crippen LogP contribution in [0.15, 0.2) is 29.3 Å². The molecule has 0 aliphatic carbocycles. The van der Waals surface area contributed by atoms with E-state index in [0.717, 1.165) is 37.3 Å². The van der Waals surface area contributed by atoms with E-state index in [1.807, 2.05) is 6.92 Å². The van der Waals surface area contributed by atoms with Crippen LogP contribution in [0.5, 0.6) is 0 Å². The molecule has 0 aliphatic heterocycles. The van der Waals surface area contributed by atoms with Crippen molar-refractivity contribution in [1.29, 1.82) is 0 Å². The first-order chi connectivity index (χ1) is 10.7. The van der Waals surface area contributed by atoms with Crippen LogP contribution >= 0.6 is 24.0 Å². The molecule has 0 aromatic heterocycles. The zero-order chi connectivity index (χ0) is 16.2. The summed E-state index contributed by atoms with van der Waals surface area (Å²) < 4.78 is 0. The molecule has 1 rings (SSSR count). The van der Waals surface area contributed by atoms with Crippen LogP contribution in [0.2, 0.25) is 0 Å². The van der Waals surface area contributed by atoms with Gasteiger partial charge in [-0.05, 0) is 31.7 Å². The summed E-state index contributed by atoms with van der Waals surface area (Å²) >= 11 is 0. The quantitative estimate of drug-likeness (QED) is 0.126. The van der Waals surface area contributed by atoms with Gasteiger partial charge >= 0.3 is 0 Å². The molecular weight excluding hydrogens is 407 g/mol. The zero-order valence-corrected chi connectivity index (χ0v) is 15.6. The van der Waals surface area contributed by atoms with E-state index >= 15 is 0 Å². The van der Waals surface area contributed by atoms with Crippen molar-refractivity contribution >= 4 is 35.6 Å². The third-order valence-corrected chi connectivity index (χ3v) is 2.99. The number of benzene rings is 1. The molecule has 1 aromatic carbocycles. The van der Waals surface area contributed by atoms with Crippen LogP contribution in [0.1, 0.15) is 25.3 Å². The fraction of sp³-hybridized carbons (Fsp3) is 0.438. The Kier molecular flexibility index (Phi) is 11.7. The highest BCUT2D eigenvalue weighted by Gasteiger charge is 2.03. The molecule has 0 spiro atoms. The van der Waals surface area contributed by atoms with E-state index in [9.17, 15) is 10.1 Å². The van der Waals surface area contributed by atoms with E-state index in [1.54, 1.807) is 24.3 Å². The van der Waals surface area contributed by atoms with Gasteiger partial charge in [-0.25, -0.2) is 0 Å². The Hall–Kier alpha value is -1.82. The van der Waals surface area contributed by atoms with Crippen molar-refractivity contribution in [2.24, 2.45) is 4.99 Å². The lowest BCUT2D eigenvalue weighted by molar-refractivity contribution is -0.384. The molecule has 7 heteroatoms. The van der Waals surface area contributed by atoms with Crippen LogP contribution < -0.4 is 10.6 Å². The Morgan fingerprint density at radius 2 is 2.00 bits per heavy atom. The van der Waals surface area contributed by atoms with Crippen LogP contribution in [-0.2, 0) is 6.42 Å². The number of rotatable bonds is 8. The molecule has 0 unspecified atom stereocenters. The van der Waals surface area contributed by atoms with E-state index in [1.165, 1.54) is 0 Å². The highest BCUT2D eigenvalue weighted by molar-refractivity contribution is 14.0. The predicted molar refractivity (Wildman–Crippen MR) is 104 cm³/mol. The zero-order valence-electron chi connectivity index (χ0n) is 13.2. The maximum atomic E-state index is 10.6. The second-order valence-corrected chi connectivity index (χ2v) is 4.70. The summed E-state index contributed by atoms with van der Waals surface area (Å²) in [6, 6.07) is 6.70. The highest BCUT2D eigenvalue weighted by atomic mass is 127. The fourth-order valence-corrected chi connectivity index (χ4v) is 1.89. The van der Waals surface area contributed by atoms with E-state index < -0.39 is 0 Å². The van der Waals surface area contributed by atoms with Gasteiger partial charge in [0.2, 0.25) is 0 Å². The van der Waals surface area contributed by atoms with Crippen molar-refractivity contribution in [2.75, 3.05) is 19.6 Å². The van der Waals surface area contributed by atoms with E-state index in [4.69, 9.17) is 6.42 Å². The monoisotopic (exact) mass is 430 g/mol. The SMILES string of the molecule is C#CCNC(=NCCCCc1ccc([N+](=O)[O-])cc1)NCC.I. The fourth-order valence-electron chi connectivity index (χ4n) is 1.89. The van der Waals surface area contributed by atoms with Crippen molar-refractivity contribution in [3.8, 4) is 12.3 Å². The number of aliphatic imine (C=N–C) groups is 1. The molecule has 0 saturated carbocycles. The molecule has 23 heavy (non-hydrogen) atoms. The summed E-state index contributed by atoms with van der Waals surface area (Å²) in [6.45, 7) is 3.96. The van der Waals surface area contributed by atoms with Gasteiger partial charge in [-0.3, -0.25) is 15.1 Å². The van der Waals surface area contributed by atoms with Crippen molar-refractivity contribution in [3.05, 3.63) is 39.9 Å². The number of halogens is 1. The maximum Gasteiger partial charge on any atom is 0.269 e. The lowest BCUT2D eigenvalue weighted by atomic mass is 10.1. The molecule has 0 bridgehead atoms. The Labute approximate surface area is 154 Å². The van der Waals surface area contributed by atoms with E-state index in [2.05, 4.69) is 21.5 Å². The summed E-state index contributed by atoms with van der Waals surface area (Å²) in [7, 11) is 0. The molecule has 126 valence electrons. The molecule has 2 N–H and O–H groups in total. The summed E-state index contributed by atoms with van der Waals surface area (Å²) in [5.74, 6) is 3.24. The number of terminal acetylenes is 1. The number of aryl methyl sites for hydroxylation is 1. The van der Waals surface area contributed by atoms with Gasteiger partial charge < -0.3 is 10.6 Å². The lowest BCUT2D eigenvalue weighted by Crippen LogP contribution is -2.37. The van der Waals surface area contributed by atoms with Gasteiger partial charge in [-0.2, -0.15) is 0 Å². The molecule has 0 saturated heterocycles. The topological polar surface area (TPSA) is 79.6 Å². The summed E-state index contributed by atoms with van der Waals surface area (Å²) in [6.07, 6.45) is 8.03. The molecular formula is C16H23IN4O2. The van der Waals surface area contributed by atoms with Gasteiger partial charge in [-0.15, -0.1) is 30.4 Å². The molecule has 0 aliphatic rings. The summed E-state index contributed by atoms with van der Waals surface area (Å²) in [4.78, 5) is 14.6. The van der Waals surface area contributed by atoms with Gasteiger partial charge in [0.25, 0.3) is 5.69 Å². The van der Waals surface area contributed by atoms with Crippen LogP contribution in [0.3, 0.4) is 0 Å². The predicted octanol–water partition coefficient (Wildman–Crippen LogP) is 2.72. The number of non-ortho nitro benzene ring substituents is 1. The molecule has 1 aromatic rings. The number of unbranched alkanes of at least 4 members (excludes halogenated alkanes) is 1.